The topological polar surface area (TPSA) is 38.9 Å². The van der Waals surface area contributed by atoms with E-state index in [1.807, 2.05) is 17.5 Å². The summed E-state index contributed by atoms with van der Waals surface area (Å²) in [4.78, 5) is 6.69. The fourth-order valence-corrected chi connectivity index (χ4v) is 2.65. The molecule has 2 nitrogen and oxygen atoms in total. The first-order valence-corrected chi connectivity index (χ1v) is 5.67. The van der Waals surface area contributed by atoms with E-state index in [0.717, 1.165) is 14.8 Å². The lowest BCUT2D eigenvalue weighted by molar-refractivity contribution is 1.42. The smallest absolute Gasteiger partial charge is 0.133 e. The van der Waals surface area contributed by atoms with Gasteiger partial charge in [0.05, 0.1) is 9.75 Å². The molecule has 2 N–H and O–H groups in total. The average molecular weight is 226 g/mol. The van der Waals surface area contributed by atoms with Gasteiger partial charge in [0.2, 0.25) is 0 Å². The second-order valence-corrected chi connectivity index (χ2v) is 4.79. The molecule has 0 saturated carbocycles. The number of hydrogen-bond donors (Lipinski definition) is 1. The van der Waals surface area contributed by atoms with Crippen molar-refractivity contribution in [3.8, 4) is 9.88 Å². The SMILES string of the molecule is NC(=S)c1cnc(-c2cccs2)s1. The van der Waals surface area contributed by atoms with Crippen molar-refractivity contribution >= 4 is 39.9 Å². The van der Waals surface area contributed by atoms with Gasteiger partial charge in [0.25, 0.3) is 0 Å². The Morgan fingerprint density at radius 2 is 2.38 bits per heavy atom. The summed E-state index contributed by atoms with van der Waals surface area (Å²) < 4.78 is 0. The average Bonchev–Trinajstić information content (AvgIpc) is 2.75. The van der Waals surface area contributed by atoms with Crippen molar-refractivity contribution in [2.45, 2.75) is 0 Å². The third kappa shape index (κ3) is 1.77. The van der Waals surface area contributed by atoms with Crippen LogP contribution in [0.3, 0.4) is 0 Å². The zero-order valence-electron chi connectivity index (χ0n) is 6.56. The molecule has 0 saturated heterocycles. The number of nitrogens with two attached hydrogens (primary N) is 1. The molecule has 0 unspecified atom stereocenters. The zero-order chi connectivity index (χ0) is 9.26. The maximum atomic E-state index is 5.49. The number of rotatable bonds is 2. The molecule has 0 aliphatic rings. The van der Waals surface area contributed by atoms with E-state index in [1.54, 1.807) is 17.5 Å². The molecule has 0 aliphatic heterocycles. The number of aromatic nitrogens is 1. The van der Waals surface area contributed by atoms with Crippen LogP contribution in [-0.2, 0) is 0 Å². The quantitative estimate of drug-likeness (QED) is 0.800. The monoisotopic (exact) mass is 226 g/mol. The van der Waals surface area contributed by atoms with Crippen molar-refractivity contribution < 1.29 is 0 Å². The molecule has 13 heavy (non-hydrogen) atoms. The summed E-state index contributed by atoms with van der Waals surface area (Å²) in [6.07, 6.45) is 1.72. The van der Waals surface area contributed by atoms with Gasteiger partial charge in [-0.3, -0.25) is 0 Å². The van der Waals surface area contributed by atoms with Gasteiger partial charge in [-0.25, -0.2) is 4.98 Å². The molecule has 2 aromatic heterocycles. The van der Waals surface area contributed by atoms with Crippen LogP contribution in [0.25, 0.3) is 9.88 Å². The number of nitrogens with zero attached hydrogens (tertiary/aromatic N) is 1. The summed E-state index contributed by atoms with van der Waals surface area (Å²) in [5.74, 6) is 0. The molecule has 0 aromatic carbocycles. The molecular weight excluding hydrogens is 220 g/mol. The molecule has 0 fully saturated rings. The highest BCUT2D eigenvalue weighted by molar-refractivity contribution is 7.81. The van der Waals surface area contributed by atoms with E-state index in [0.29, 0.717) is 4.99 Å². The van der Waals surface area contributed by atoms with Gasteiger partial charge in [0.1, 0.15) is 10.00 Å². The Bertz CT molecular complexity index is 416. The van der Waals surface area contributed by atoms with Gasteiger partial charge in [-0.05, 0) is 11.4 Å². The fraction of sp³-hybridized carbons (Fsp3) is 0. The Morgan fingerprint density at radius 3 is 2.92 bits per heavy atom. The van der Waals surface area contributed by atoms with E-state index in [4.69, 9.17) is 18.0 Å². The van der Waals surface area contributed by atoms with Crippen LogP contribution >= 0.6 is 34.9 Å². The maximum Gasteiger partial charge on any atom is 0.133 e. The molecule has 66 valence electrons. The summed E-state index contributed by atoms with van der Waals surface area (Å²) in [6.45, 7) is 0. The lowest BCUT2D eigenvalue weighted by Crippen LogP contribution is -2.06. The lowest BCUT2D eigenvalue weighted by Gasteiger charge is -1.87. The van der Waals surface area contributed by atoms with Crippen molar-refractivity contribution in [3.05, 3.63) is 28.6 Å². The minimum Gasteiger partial charge on any atom is -0.389 e. The van der Waals surface area contributed by atoms with Crippen LogP contribution in [0.5, 0.6) is 0 Å². The third-order valence-electron chi connectivity index (χ3n) is 1.48. The van der Waals surface area contributed by atoms with E-state index < -0.39 is 0 Å². The second kappa shape index (κ2) is 3.53. The van der Waals surface area contributed by atoms with E-state index in [1.165, 1.54) is 11.3 Å². The van der Waals surface area contributed by atoms with Gasteiger partial charge < -0.3 is 5.73 Å². The van der Waals surface area contributed by atoms with Crippen molar-refractivity contribution in [2.24, 2.45) is 5.73 Å². The maximum absolute atomic E-state index is 5.49. The van der Waals surface area contributed by atoms with Gasteiger partial charge in [0, 0.05) is 6.20 Å². The van der Waals surface area contributed by atoms with Crippen LogP contribution in [0.2, 0.25) is 0 Å². The summed E-state index contributed by atoms with van der Waals surface area (Å²) in [5.41, 5.74) is 5.49. The normalized spacial score (nSPS) is 10.2. The molecule has 2 rings (SSSR count). The van der Waals surface area contributed by atoms with E-state index >= 15 is 0 Å². The van der Waals surface area contributed by atoms with E-state index in [2.05, 4.69) is 4.98 Å². The minimum absolute atomic E-state index is 0.417. The Morgan fingerprint density at radius 1 is 1.54 bits per heavy atom. The number of thiophene rings is 1. The van der Waals surface area contributed by atoms with Crippen molar-refractivity contribution in [2.75, 3.05) is 0 Å². The highest BCUT2D eigenvalue weighted by atomic mass is 32.1. The molecule has 0 bridgehead atoms. The fourth-order valence-electron chi connectivity index (χ4n) is 0.902. The highest BCUT2D eigenvalue weighted by Crippen LogP contribution is 2.28. The number of thiazole rings is 1. The predicted octanol–water partition coefficient (Wildman–Crippen LogP) is 2.51. The highest BCUT2D eigenvalue weighted by Gasteiger charge is 2.06. The molecule has 0 atom stereocenters. The zero-order valence-corrected chi connectivity index (χ0v) is 9.01. The van der Waals surface area contributed by atoms with Crippen molar-refractivity contribution in [1.82, 2.24) is 4.98 Å². The van der Waals surface area contributed by atoms with Crippen LogP contribution in [-0.4, -0.2) is 9.97 Å². The summed E-state index contributed by atoms with van der Waals surface area (Å²) in [5, 5.41) is 3.01. The largest absolute Gasteiger partial charge is 0.389 e. The van der Waals surface area contributed by atoms with Crippen molar-refractivity contribution in [3.63, 3.8) is 0 Å². The Balaban J connectivity index is 2.39. The summed E-state index contributed by atoms with van der Waals surface area (Å²) in [6, 6.07) is 4.04. The van der Waals surface area contributed by atoms with Crippen LogP contribution in [0.4, 0.5) is 0 Å². The number of thiocarbonyl (C=S) groups is 1. The second-order valence-electron chi connectivity index (χ2n) is 2.37. The van der Waals surface area contributed by atoms with E-state index in [9.17, 15) is 0 Å². The molecule has 0 amide bonds. The summed E-state index contributed by atoms with van der Waals surface area (Å²) in [7, 11) is 0. The minimum atomic E-state index is 0.417. The number of hydrogen-bond acceptors (Lipinski definition) is 4. The third-order valence-corrected chi connectivity index (χ3v) is 3.90. The van der Waals surface area contributed by atoms with Crippen LogP contribution in [0.1, 0.15) is 4.88 Å². The standard InChI is InChI=1S/C8H6N2S3/c9-7(11)6-4-10-8(13-6)5-2-1-3-12-5/h1-4H,(H2,9,11). The predicted molar refractivity (Wildman–Crippen MR) is 61.3 cm³/mol. The molecule has 2 heterocycles. The Labute approximate surface area is 89.1 Å². The van der Waals surface area contributed by atoms with Crippen molar-refractivity contribution in [1.29, 1.82) is 0 Å². The van der Waals surface area contributed by atoms with E-state index in [-0.39, 0.29) is 0 Å². The van der Waals surface area contributed by atoms with Crippen LogP contribution in [0, 0.1) is 0 Å². The Kier molecular flexibility index (Phi) is 2.39. The summed E-state index contributed by atoms with van der Waals surface area (Å²) >= 11 is 8.05. The molecule has 0 aliphatic carbocycles. The molecule has 0 radical (unpaired) electrons. The van der Waals surface area contributed by atoms with Gasteiger partial charge in [0.15, 0.2) is 0 Å². The van der Waals surface area contributed by atoms with Gasteiger partial charge >= 0.3 is 0 Å². The first kappa shape index (κ1) is 8.80. The van der Waals surface area contributed by atoms with Gasteiger partial charge in [-0.2, -0.15) is 0 Å². The van der Waals surface area contributed by atoms with Gasteiger partial charge in [-0.15, -0.1) is 22.7 Å². The van der Waals surface area contributed by atoms with Gasteiger partial charge in [-0.1, -0.05) is 18.3 Å². The first-order valence-electron chi connectivity index (χ1n) is 3.57. The first-order chi connectivity index (χ1) is 6.27. The molecule has 2 aromatic rings. The molecular formula is C8H6N2S3. The Hall–Kier alpha value is -0.780. The molecule has 0 spiro atoms. The van der Waals surface area contributed by atoms with Crippen LogP contribution < -0.4 is 5.73 Å². The molecule has 5 heteroatoms. The van der Waals surface area contributed by atoms with Crippen LogP contribution in [0.15, 0.2) is 23.7 Å². The lowest BCUT2D eigenvalue weighted by atomic mass is 10.5.